The van der Waals surface area contributed by atoms with Gasteiger partial charge < -0.3 is 21.3 Å². The van der Waals surface area contributed by atoms with Crippen LogP contribution in [0.25, 0.3) is 0 Å². The summed E-state index contributed by atoms with van der Waals surface area (Å²) in [5.74, 6) is -1.91. The third kappa shape index (κ3) is 2.77. The minimum absolute atomic E-state index is 0.572. The standard InChI is InChI=1S/C8H12N2O2/c1-8(11,12)10-7-4-2-3-6(9)5-7/h2-5,10-12H,9H2,1H3. The normalized spacial score (nSPS) is 11.2. The van der Waals surface area contributed by atoms with Crippen LogP contribution in [-0.4, -0.2) is 16.1 Å². The zero-order valence-electron chi connectivity index (χ0n) is 6.78. The first kappa shape index (κ1) is 8.83. The molecule has 5 N–H and O–H groups in total. The topological polar surface area (TPSA) is 78.5 Å². The molecule has 0 bridgehead atoms. The molecule has 0 radical (unpaired) electrons. The van der Waals surface area contributed by atoms with Gasteiger partial charge in [-0.1, -0.05) is 6.07 Å². The fraction of sp³-hybridized carbons (Fsp3) is 0.250. The van der Waals surface area contributed by atoms with Crippen LogP contribution in [0.3, 0.4) is 0 Å². The van der Waals surface area contributed by atoms with E-state index in [-0.39, 0.29) is 0 Å². The molecule has 0 amide bonds. The summed E-state index contributed by atoms with van der Waals surface area (Å²) in [5.41, 5.74) is 6.62. The van der Waals surface area contributed by atoms with Crippen molar-refractivity contribution in [2.45, 2.75) is 12.8 Å². The van der Waals surface area contributed by atoms with Crippen molar-refractivity contribution in [2.24, 2.45) is 0 Å². The number of hydrogen-bond donors (Lipinski definition) is 4. The van der Waals surface area contributed by atoms with Crippen LogP contribution in [0.5, 0.6) is 0 Å². The Labute approximate surface area is 70.6 Å². The number of nitrogen functional groups attached to an aromatic ring is 1. The highest BCUT2D eigenvalue weighted by Gasteiger charge is 2.13. The molecule has 0 aliphatic heterocycles. The van der Waals surface area contributed by atoms with Crippen molar-refractivity contribution >= 4 is 11.4 Å². The van der Waals surface area contributed by atoms with Crippen LogP contribution in [0.15, 0.2) is 24.3 Å². The van der Waals surface area contributed by atoms with Crippen molar-refractivity contribution in [2.75, 3.05) is 11.1 Å². The Bertz CT molecular complexity index is 268. The van der Waals surface area contributed by atoms with Gasteiger partial charge in [0.25, 0.3) is 0 Å². The molecule has 12 heavy (non-hydrogen) atoms. The SMILES string of the molecule is CC(O)(O)Nc1cccc(N)c1. The number of rotatable bonds is 2. The van der Waals surface area contributed by atoms with Gasteiger partial charge in [0.05, 0.1) is 0 Å². The Hall–Kier alpha value is -1.26. The fourth-order valence-corrected chi connectivity index (χ4v) is 0.890. The predicted molar refractivity (Wildman–Crippen MR) is 47.3 cm³/mol. The molecule has 66 valence electrons. The van der Waals surface area contributed by atoms with Crippen LogP contribution in [-0.2, 0) is 0 Å². The second-order valence-corrected chi connectivity index (χ2v) is 2.77. The number of hydrogen-bond acceptors (Lipinski definition) is 4. The summed E-state index contributed by atoms with van der Waals surface area (Å²) in [6.07, 6.45) is 0. The van der Waals surface area contributed by atoms with Crippen LogP contribution in [0.2, 0.25) is 0 Å². The van der Waals surface area contributed by atoms with Gasteiger partial charge in [0.1, 0.15) is 0 Å². The highest BCUT2D eigenvalue weighted by molar-refractivity contribution is 5.54. The Morgan fingerprint density at radius 2 is 2.08 bits per heavy atom. The molecule has 1 aromatic rings. The van der Waals surface area contributed by atoms with Crippen LogP contribution in [0.1, 0.15) is 6.92 Å². The predicted octanol–water partition coefficient (Wildman–Crippen LogP) is 0.339. The maximum atomic E-state index is 8.97. The molecule has 0 unspecified atom stereocenters. The van der Waals surface area contributed by atoms with Gasteiger partial charge in [-0.2, -0.15) is 0 Å². The van der Waals surface area contributed by atoms with Gasteiger partial charge in [-0.25, -0.2) is 0 Å². The molecule has 4 nitrogen and oxygen atoms in total. The van der Waals surface area contributed by atoms with E-state index in [4.69, 9.17) is 15.9 Å². The van der Waals surface area contributed by atoms with E-state index in [0.717, 1.165) is 0 Å². The summed E-state index contributed by atoms with van der Waals surface area (Å²) in [7, 11) is 0. The molecule has 0 saturated heterocycles. The van der Waals surface area contributed by atoms with Gasteiger partial charge >= 0.3 is 0 Å². The minimum atomic E-state index is -1.91. The third-order valence-electron chi connectivity index (χ3n) is 1.27. The van der Waals surface area contributed by atoms with Crippen LogP contribution in [0, 0.1) is 0 Å². The average molecular weight is 168 g/mol. The summed E-state index contributed by atoms with van der Waals surface area (Å²) < 4.78 is 0. The Morgan fingerprint density at radius 1 is 1.42 bits per heavy atom. The monoisotopic (exact) mass is 168 g/mol. The molecule has 4 heteroatoms. The van der Waals surface area contributed by atoms with Crippen molar-refractivity contribution in [1.82, 2.24) is 0 Å². The van der Waals surface area contributed by atoms with Crippen LogP contribution in [0.4, 0.5) is 11.4 Å². The smallest absolute Gasteiger partial charge is 0.241 e. The number of nitrogens with two attached hydrogens (primary N) is 1. The summed E-state index contributed by atoms with van der Waals surface area (Å²) in [5, 5.41) is 20.4. The van der Waals surface area contributed by atoms with Gasteiger partial charge in [-0.15, -0.1) is 0 Å². The molecule has 1 rings (SSSR count). The van der Waals surface area contributed by atoms with E-state index >= 15 is 0 Å². The third-order valence-corrected chi connectivity index (χ3v) is 1.27. The fourth-order valence-electron chi connectivity index (χ4n) is 0.890. The summed E-state index contributed by atoms with van der Waals surface area (Å²) in [6, 6.07) is 6.76. The van der Waals surface area contributed by atoms with Crippen molar-refractivity contribution in [3.63, 3.8) is 0 Å². The van der Waals surface area contributed by atoms with Crippen molar-refractivity contribution in [3.8, 4) is 0 Å². The summed E-state index contributed by atoms with van der Waals surface area (Å²) in [6.45, 7) is 1.23. The van der Waals surface area contributed by atoms with Gasteiger partial charge in [0, 0.05) is 18.3 Å². The first-order valence-corrected chi connectivity index (χ1v) is 3.56. The highest BCUT2D eigenvalue weighted by Crippen LogP contribution is 2.14. The summed E-state index contributed by atoms with van der Waals surface area (Å²) >= 11 is 0. The average Bonchev–Trinajstić information content (AvgIpc) is 1.82. The van der Waals surface area contributed by atoms with Gasteiger partial charge in [-0.3, -0.25) is 0 Å². The van der Waals surface area contributed by atoms with E-state index in [1.807, 2.05) is 0 Å². The maximum absolute atomic E-state index is 8.97. The number of nitrogens with one attached hydrogen (secondary N) is 1. The molecule has 0 fully saturated rings. The zero-order chi connectivity index (χ0) is 9.19. The molecule has 0 aliphatic carbocycles. The lowest BCUT2D eigenvalue weighted by atomic mass is 10.3. The van der Waals surface area contributed by atoms with E-state index in [1.165, 1.54) is 6.92 Å². The quantitative estimate of drug-likeness (QED) is 0.379. The van der Waals surface area contributed by atoms with E-state index < -0.39 is 5.91 Å². The van der Waals surface area contributed by atoms with E-state index in [0.29, 0.717) is 11.4 Å². The summed E-state index contributed by atoms with van der Waals surface area (Å²) in [4.78, 5) is 0. The lowest BCUT2D eigenvalue weighted by molar-refractivity contribution is -0.118. The lowest BCUT2D eigenvalue weighted by Gasteiger charge is -2.18. The number of anilines is 2. The Balaban J connectivity index is 2.77. The second kappa shape index (κ2) is 3.00. The lowest BCUT2D eigenvalue weighted by Crippen LogP contribution is -2.33. The van der Waals surface area contributed by atoms with E-state index in [1.54, 1.807) is 24.3 Å². The molecule has 1 aromatic carbocycles. The molecule has 0 atom stereocenters. The zero-order valence-corrected chi connectivity index (χ0v) is 6.78. The molecule has 0 aliphatic rings. The first-order valence-electron chi connectivity index (χ1n) is 3.56. The van der Waals surface area contributed by atoms with Crippen molar-refractivity contribution in [1.29, 1.82) is 0 Å². The van der Waals surface area contributed by atoms with Crippen molar-refractivity contribution < 1.29 is 10.2 Å². The van der Waals surface area contributed by atoms with E-state index in [9.17, 15) is 0 Å². The van der Waals surface area contributed by atoms with Gasteiger partial charge in [0.2, 0.25) is 5.91 Å². The van der Waals surface area contributed by atoms with Crippen LogP contribution >= 0.6 is 0 Å². The molecule has 0 aromatic heterocycles. The molecular weight excluding hydrogens is 156 g/mol. The molecule has 0 spiro atoms. The highest BCUT2D eigenvalue weighted by atomic mass is 16.5. The van der Waals surface area contributed by atoms with Gasteiger partial charge in [0.15, 0.2) is 0 Å². The van der Waals surface area contributed by atoms with Crippen molar-refractivity contribution in [3.05, 3.63) is 24.3 Å². The Kier molecular flexibility index (Phi) is 2.21. The minimum Gasteiger partial charge on any atom is -0.399 e. The van der Waals surface area contributed by atoms with E-state index in [2.05, 4.69) is 5.32 Å². The molecule has 0 heterocycles. The molecular formula is C8H12N2O2. The second-order valence-electron chi connectivity index (χ2n) is 2.77. The largest absolute Gasteiger partial charge is 0.399 e. The Morgan fingerprint density at radius 3 is 2.58 bits per heavy atom. The first-order chi connectivity index (χ1) is 5.47. The maximum Gasteiger partial charge on any atom is 0.241 e. The number of aliphatic hydroxyl groups is 2. The van der Waals surface area contributed by atoms with Gasteiger partial charge in [-0.05, 0) is 18.2 Å². The number of benzene rings is 1. The molecule has 0 saturated carbocycles. The van der Waals surface area contributed by atoms with Crippen LogP contribution < -0.4 is 11.1 Å².